The van der Waals surface area contributed by atoms with Crippen LogP contribution in [0.15, 0.2) is 36.4 Å². The summed E-state index contributed by atoms with van der Waals surface area (Å²) in [5, 5.41) is 2.05. The Labute approximate surface area is 70.3 Å². The van der Waals surface area contributed by atoms with E-state index in [1.807, 2.05) is 30.3 Å². The van der Waals surface area contributed by atoms with E-state index in [0.717, 1.165) is 10.4 Å². The zero-order valence-electron chi connectivity index (χ0n) is 6.58. The van der Waals surface area contributed by atoms with E-state index in [9.17, 15) is 4.79 Å². The standard InChI is InChI=1S/C11H8O/c1-8-6-9-4-2-3-5-10(9)7-11(8)12/h2-7H,1H2. The molecule has 1 aliphatic carbocycles. The largest absolute Gasteiger partial charge is 0.289 e. The quantitative estimate of drug-likeness (QED) is 0.496. The number of ketones is 1. The van der Waals surface area contributed by atoms with Crippen LogP contribution in [0.1, 0.15) is 0 Å². The minimum absolute atomic E-state index is 0.00806. The smallest absolute Gasteiger partial charge is 0.185 e. The van der Waals surface area contributed by atoms with E-state index in [0.29, 0.717) is 5.57 Å². The summed E-state index contributed by atoms with van der Waals surface area (Å²) in [6, 6.07) is 7.77. The second-order valence-corrected chi connectivity index (χ2v) is 2.81. The van der Waals surface area contributed by atoms with Gasteiger partial charge in [-0.15, -0.1) is 0 Å². The Bertz CT molecular complexity index is 421. The van der Waals surface area contributed by atoms with Gasteiger partial charge >= 0.3 is 0 Å². The maximum atomic E-state index is 11.2. The topological polar surface area (TPSA) is 17.1 Å². The average Bonchev–Trinajstić information content (AvgIpc) is 2.07. The third kappa shape index (κ3) is 0.996. The first-order valence-corrected chi connectivity index (χ1v) is 3.79. The van der Waals surface area contributed by atoms with Gasteiger partial charge in [0, 0.05) is 5.57 Å². The van der Waals surface area contributed by atoms with Crippen LogP contribution in [-0.4, -0.2) is 5.78 Å². The van der Waals surface area contributed by atoms with Crippen LogP contribution in [0.4, 0.5) is 0 Å². The molecule has 0 radical (unpaired) electrons. The van der Waals surface area contributed by atoms with Gasteiger partial charge in [0.15, 0.2) is 5.78 Å². The first kappa shape index (κ1) is 7.04. The Kier molecular flexibility index (Phi) is 1.44. The molecule has 1 heteroatoms. The number of carbonyl (C=O) groups is 1. The molecule has 0 spiro atoms. The van der Waals surface area contributed by atoms with E-state index in [1.165, 1.54) is 0 Å². The lowest BCUT2D eigenvalue weighted by molar-refractivity contribution is -0.109. The minimum atomic E-state index is 0.00806. The molecule has 0 heterocycles. The zero-order chi connectivity index (χ0) is 8.55. The summed E-state index contributed by atoms with van der Waals surface area (Å²) in [5.41, 5.74) is 0.564. The highest BCUT2D eigenvalue weighted by Crippen LogP contribution is 1.97. The van der Waals surface area contributed by atoms with Crippen molar-refractivity contribution < 1.29 is 4.79 Å². The van der Waals surface area contributed by atoms with Crippen molar-refractivity contribution in [3.8, 4) is 0 Å². The van der Waals surface area contributed by atoms with Crippen molar-refractivity contribution in [3.63, 3.8) is 0 Å². The summed E-state index contributed by atoms with van der Waals surface area (Å²) < 4.78 is 0. The molecule has 1 aromatic rings. The molecule has 0 unspecified atom stereocenters. The number of rotatable bonds is 0. The molecule has 1 aromatic carbocycles. The minimum Gasteiger partial charge on any atom is -0.289 e. The second-order valence-electron chi connectivity index (χ2n) is 2.81. The molecule has 58 valence electrons. The molecule has 0 aromatic heterocycles. The van der Waals surface area contributed by atoms with Gasteiger partial charge in [0.2, 0.25) is 0 Å². The molecule has 0 aliphatic heterocycles. The van der Waals surface area contributed by atoms with Crippen LogP contribution in [0.5, 0.6) is 0 Å². The third-order valence-electron chi connectivity index (χ3n) is 1.93. The van der Waals surface area contributed by atoms with Crippen molar-refractivity contribution in [3.05, 3.63) is 46.9 Å². The van der Waals surface area contributed by atoms with Gasteiger partial charge in [0.25, 0.3) is 0 Å². The fourth-order valence-electron chi connectivity index (χ4n) is 1.27. The lowest BCUT2D eigenvalue weighted by Crippen LogP contribution is -2.29. The molecular weight excluding hydrogens is 148 g/mol. The molecule has 0 bridgehead atoms. The van der Waals surface area contributed by atoms with Gasteiger partial charge in [-0.05, 0) is 22.6 Å². The molecule has 0 atom stereocenters. The number of carbonyl (C=O) groups excluding carboxylic acids is 1. The van der Waals surface area contributed by atoms with Crippen LogP contribution in [0, 0.1) is 0 Å². The highest BCUT2D eigenvalue weighted by Gasteiger charge is 2.04. The van der Waals surface area contributed by atoms with Crippen LogP contribution in [0.25, 0.3) is 12.2 Å². The van der Waals surface area contributed by atoms with Gasteiger partial charge in [-0.1, -0.05) is 30.8 Å². The molecule has 12 heavy (non-hydrogen) atoms. The highest BCUT2D eigenvalue weighted by atomic mass is 16.1. The van der Waals surface area contributed by atoms with Gasteiger partial charge in [0.1, 0.15) is 0 Å². The summed E-state index contributed by atoms with van der Waals surface area (Å²) in [5.74, 6) is 0.00806. The predicted octanol–water partition coefficient (Wildman–Crippen LogP) is 0.387. The van der Waals surface area contributed by atoms with E-state index in [4.69, 9.17) is 0 Å². The fourth-order valence-corrected chi connectivity index (χ4v) is 1.27. The number of allylic oxidation sites excluding steroid dienone is 1. The second kappa shape index (κ2) is 2.45. The number of fused-ring (bicyclic) bond motifs is 1. The molecule has 0 fully saturated rings. The van der Waals surface area contributed by atoms with E-state index < -0.39 is 0 Å². The van der Waals surface area contributed by atoms with Crippen molar-refractivity contribution in [1.29, 1.82) is 0 Å². The Morgan fingerprint density at radius 1 is 1.00 bits per heavy atom. The number of Topliss-reactive ketones (excluding diaryl/α,β-unsaturated/α-hetero) is 1. The van der Waals surface area contributed by atoms with Gasteiger partial charge in [-0.25, -0.2) is 0 Å². The first-order valence-electron chi connectivity index (χ1n) is 3.79. The van der Waals surface area contributed by atoms with Gasteiger partial charge in [0.05, 0.1) is 0 Å². The van der Waals surface area contributed by atoms with E-state index in [1.54, 1.807) is 6.08 Å². The molecule has 1 nitrogen and oxygen atoms in total. The summed E-state index contributed by atoms with van der Waals surface area (Å²) in [6.07, 6.45) is 3.44. The van der Waals surface area contributed by atoms with Gasteiger partial charge < -0.3 is 0 Å². The van der Waals surface area contributed by atoms with E-state index >= 15 is 0 Å². The van der Waals surface area contributed by atoms with Crippen LogP contribution in [0.2, 0.25) is 0 Å². The van der Waals surface area contributed by atoms with E-state index in [-0.39, 0.29) is 5.78 Å². The molecule has 2 rings (SSSR count). The molecular formula is C11H8O. The summed E-state index contributed by atoms with van der Waals surface area (Å²) >= 11 is 0. The Morgan fingerprint density at radius 3 is 2.25 bits per heavy atom. The average molecular weight is 156 g/mol. The highest BCUT2D eigenvalue weighted by molar-refractivity contribution is 6.21. The Morgan fingerprint density at radius 2 is 1.58 bits per heavy atom. The normalized spacial score (nSPS) is 14.7. The van der Waals surface area contributed by atoms with Crippen LogP contribution < -0.4 is 10.4 Å². The van der Waals surface area contributed by atoms with Crippen LogP contribution in [-0.2, 0) is 4.79 Å². The van der Waals surface area contributed by atoms with Crippen molar-refractivity contribution in [2.24, 2.45) is 0 Å². The van der Waals surface area contributed by atoms with E-state index in [2.05, 4.69) is 6.58 Å². The lowest BCUT2D eigenvalue weighted by atomic mass is 10.0. The first-order chi connectivity index (χ1) is 5.77. The number of hydrogen-bond donors (Lipinski definition) is 0. The number of hydrogen-bond acceptors (Lipinski definition) is 1. The van der Waals surface area contributed by atoms with Crippen molar-refractivity contribution in [2.45, 2.75) is 0 Å². The fraction of sp³-hybridized carbons (Fsp3) is 0. The van der Waals surface area contributed by atoms with Gasteiger partial charge in [-0.3, -0.25) is 4.79 Å². The molecule has 0 saturated carbocycles. The molecule has 0 amide bonds. The zero-order valence-corrected chi connectivity index (χ0v) is 6.58. The number of benzene rings is 1. The van der Waals surface area contributed by atoms with Crippen molar-refractivity contribution in [1.82, 2.24) is 0 Å². The van der Waals surface area contributed by atoms with Crippen LogP contribution in [0.3, 0.4) is 0 Å². The van der Waals surface area contributed by atoms with Crippen molar-refractivity contribution >= 4 is 17.9 Å². The maximum absolute atomic E-state index is 11.2. The third-order valence-corrected chi connectivity index (χ3v) is 1.93. The van der Waals surface area contributed by atoms with Crippen LogP contribution >= 0.6 is 0 Å². The lowest BCUT2D eigenvalue weighted by Gasteiger charge is -2.00. The predicted molar refractivity (Wildman–Crippen MR) is 48.8 cm³/mol. The Balaban J connectivity index is 2.87. The summed E-state index contributed by atoms with van der Waals surface area (Å²) in [6.45, 7) is 3.66. The molecule has 1 aliphatic rings. The maximum Gasteiger partial charge on any atom is 0.185 e. The van der Waals surface area contributed by atoms with Crippen molar-refractivity contribution in [2.75, 3.05) is 0 Å². The summed E-state index contributed by atoms with van der Waals surface area (Å²) in [7, 11) is 0. The molecule has 0 N–H and O–H groups in total. The Hall–Kier alpha value is -1.63. The molecule has 0 saturated heterocycles. The monoisotopic (exact) mass is 156 g/mol. The van der Waals surface area contributed by atoms with Gasteiger partial charge in [-0.2, -0.15) is 0 Å². The SMILES string of the molecule is C=C1C=c2ccccc2=CC1=O. The summed E-state index contributed by atoms with van der Waals surface area (Å²) in [4.78, 5) is 11.2.